The molecule has 1 aliphatic heterocycles. The van der Waals surface area contributed by atoms with E-state index in [-0.39, 0.29) is 25.6 Å². The average Bonchev–Trinajstić information content (AvgIpc) is 2.49. The molecule has 2 rings (SSSR count). The molecular formula is C14H18N2O4. The first kappa shape index (κ1) is 14.5. The van der Waals surface area contributed by atoms with Crippen molar-refractivity contribution in [2.24, 2.45) is 5.73 Å². The maximum Gasteiger partial charge on any atom is 0.328 e. The Bertz CT molecular complexity index is 477. The number of morpholine rings is 1. The molecule has 0 saturated carbocycles. The zero-order chi connectivity index (χ0) is 14.5. The van der Waals surface area contributed by atoms with E-state index in [1.54, 1.807) is 0 Å². The smallest absolute Gasteiger partial charge is 0.328 e. The van der Waals surface area contributed by atoms with E-state index in [1.165, 1.54) is 4.90 Å². The highest BCUT2D eigenvalue weighted by atomic mass is 16.5. The number of hydrogen-bond acceptors (Lipinski definition) is 4. The van der Waals surface area contributed by atoms with Crippen LogP contribution in [-0.2, 0) is 14.3 Å². The first-order chi connectivity index (χ1) is 9.65. The molecule has 2 atom stereocenters. The number of nitrogens with zero attached hydrogens (tertiary/aromatic N) is 1. The number of rotatable bonds is 4. The third-order valence-electron chi connectivity index (χ3n) is 3.43. The number of carboxylic acids is 1. The van der Waals surface area contributed by atoms with Crippen molar-refractivity contribution >= 4 is 11.9 Å². The normalized spacial score (nSPS) is 20.4. The van der Waals surface area contributed by atoms with Crippen LogP contribution in [0.25, 0.3) is 0 Å². The molecule has 0 radical (unpaired) electrons. The molecule has 0 spiro atoms. The van der Waals surface area contributed by atoms with Gasteiger partial charge in [0.15, 0.2) is 6.04 Å². The summed E-state index contributed by atoms with van der Waals surface area (Å²) in [7, 11) is 0. The van der Waals surface area contributed by atoms with Crippen molar-refractivity contribution in [2.45, 2.75) is 12.0 Å². The Morgan fingerprint density at radius 2 is 2.10 bits per heavy atom. The topological polar surface area (TPSA) is 92.9 Å². The number of nitrogens with two attached hydrogens (primary N) is 1. The van der Waals surface area contributed by atoms with Crippen LogP contribution in [0, 0.1) is 0 Å². The highest BCUT2D eigenvalue weighted by Crippen LogP contribution is 2.20. The van der Waals surface area contributed by atoms with Crippen molar-refractivity contribution in [3.8, 4) is 0 Å². The van der Waals surface area contributed by atoms with Gasteiger partial charge in [0.05, 0.1) is 19.1 Å². The van der Waals surface area contributed by atoms with E-state index in [0.717, 1.165) is 5.56 Å². The molecule has 0 bridgehead atoms. The van der Waals surface area contributed by atoms with Gasteiger partial charge >= 0.3 is 5.97 Å². The summed E-state index contributed by atoms with van der Waals surface area (Å²) in [5, 5.41) is 9.18. The molecular weight excluding hydrogens is 260 g/mol. The van der Waals surface area contributed by atoms with Gasteiger partial charge in [-0.3, -0.25) is 4.79 Å². The van der Waals surface area contributed by atoms with Gasteiger partial charge in [-0.1, -0.05) is 30.3 Å². The molecule has 1 saturated heterocycles. The van der Waals surface area contributed by atoms with Crippen LogP contribution in [0.15, 0.2) is 30.3 Å². The lowest BCUT2D eigenvalue weighted by atomic mass is 9.97. The highest BCUT2D eigenvalue weighted by molar-refractivity contribution is 5.88. The number of benzene rings is 1. The molecule has 20 heavy (non-hydrogen) atoms. The zero-order valence-corrected chi connectivity index (χ0v) is 11.1. The maximum atomic E-state index is 12.6. The Morgan fingerprint density at radius 3 is 2.70 bits per heavy atom. The highest BCUT2D eigenvalue weighted by Gasteiger charge is 2.36. The van der Waals surface area contributed by atoms with E-state index in [4.69, 9.17) is 10.5 Å². The molecule has 1 aromatic rings. The molecule has 3 N–H and O–H groups in total. The predicted octanol–water partition coefficient (Wildman–Crippen LogP) is 0.0409. The Balaban J connectivity index is 2.21. The van der Waals surface area contributed by atoms with Gasteiger partial charge < -0.3 is 20.5 Å². The van der Waals surface area contributed by atoms with E-state index < -0.39 is 17.9 Å². The summed E-state index contributed by atoms with van der Waals surface area (Å²) in [5.41, 5.74) is 6.51. The van der Waals surface area contributed by atoms with Gasteiger partial charge in [0, 0.05) is 13.1 Å². The van der Waals surface area contributed by atoms with Crippen molar-refractivity contribution < 1.29 is 19.4 Å². The van der Waals surface area contributed by atoms with Crippen molar-refractivity contribution in [2.75, 3.05) is 26.3 Å². The SMILES string of the molecule is NCC(C(=O)N1CCOCC1C(=O)O)c1ccccc1. The molecule has 6 nitrogen and oxygen atoms in total. The number of carbonyl (C=O) groups excluding carboxylic acids is 1. The zero-order valence-electron chi connectivity index (χ0n) is 11.1. The Hall–Kier alpha value is -1.92. The second-order valence-electron chi connectivity index (χ2n) is 4.66. The number of carbonyl (C=O) groups is 2. The molecule has 2 unspecified atom stereocenters. The van der Waals surface area contributed by atoms with Gasteiger partial charge in [0.2, 0.25) is 5.91 Å². The molecule has 0 aliphatic carbocycles. The molecule has 1 fully saturated rings. The average molecular weight is 278 g/mol. The fourth-order valence-corrected chi connectivity index (χ4v) is 2.34. The van der Waals surface area contributed by atoms with E-state index in [1.807, 2.05) is 30.3 Å². The Labute approximate surface area is 117 Å². The minimum atomic E-state index is -1.05. The van der Waals surface area contributed by atoms with E-state index in [2.05, 4.69) is 0 Å². The number of carboxylic acid groups (broad SMARTS) is 1. The van der Waals surface area contributed by atoms with Gasteiger partial charge in [-0.25, -0.2) is 4.79 Å². The first-order valence-electron chi connectivity index (χ1n) is 6.51. The van der Waals surface area contributed by atoms with Crippen LogP contribution in [0.1, 0.15) is 11.5 Å². The number of ether oxygens (including phenoxy) is 1. The molecule has 1 heterocycles. The van der Waals surface area contributed by atoms with Gasteiger partial charge in [-0.15, -0.1) is 0 Å². The summed E-state index contributed by atoms with van der Waals surface area (Å²) in [6.07, 6.45) is 0. The van der Waals surface area contributed by atoms with Crippen LogP contribution in [0.4, 0.5) is 0 Å². The summed E-state index contributed by atoms with van der Waals surface area (Å²) in [6.45, 7) is 0.792. The second kappa shape index (κ2) is 6.49. The monoisotopic (exact) mass is 278 g/mol. The van der Waals surface area contributed by atoms with Crippen molar-refractivity contribution in [3.05, 3.63) is 35.9 Å². The predicted molar refractivity (Wildman–Crippen MR) is 72.2 cm³/mol. The van der Waals surface area contributed by atoms with Crippen molar-refractivity contribution in [1.82, 2.24) is 4.90 Å². The van der Waals surface area contributed by atoms with Gasteiger partial charge in [-0.2, -0.15) is 0 Å². The minimum absolute atomic E-state index is 0.0210. The molecule has 1 amide bonds. The summed E-state index contributed by atoms with van der Waals surface area (Å²) in [5.74, 6) is -1.83. The van der Waals surface area contributed by atoms with Crippen LogP contribution in [-0.4, -0.2) is 54.2 Å². The lowest BCUT2D eigenvalue weighted by molar-refractivity contribution is -0.158. The molecule has 6 heteroatoms. The number of hydrogen-bond donors (Lipinski definition) is 2. The lowest BCUT2D eigenvalue weighted by Crippen LogP contribution is -2.54. The van der Waals surface area contributed by atoms with Crippen LogP contribution in [0.3, 0.4) is 0 Å². The third kappa shape index (κ3) is 2.97. The maximum absolute atomic E-state index is 12.6. The van der Waals surface area contributed by atoms with Crippen LogP contribution in [0.2, 0.25) is 0 Å². The minimum Gasteiger partial charge on any atom is -0.480 e. The standard InChI is InChI=1S/C14H18N2O4/c15-8-11(10-4-2-1-3-5-10)13(17)16-6-7-20-9-12(16)14(18)19/h1-5,11-12H,6-9,15H2,(H,18,19). The van der Waals surface area contributed by atoms with E-state index in [9.17, 15) is 14.7 Å². The van der Waals surface area contributed by atoms with E-state index in [0.29, 0.717) is 6.61 Å². The molecule has 1 aromatic carbocycles. The summed E-state index contributed by atoms with van der Waals surface area (Å²) in [6, 6.07) is 8.24. The van der Waals surface area contributed by atoms with Gasteiger partial charge in [0.1, 0.15) is 0 Å². The summed E-state index contributed by atoms with van der Waals surface area (Å²) in [4.78, 5) is 25.1. The quantitative estimate of drug-likeness (QED) is 0.811. The Morgan fingerprint density at radius 1 is 1.40 bits per heavy atom. The largest absolute Gasteiger partial charge is 0.480 e. The lowest BCUT2D eigenvalue weighted by Gasteiger charge is -2.35. The van der Waals surface area contributed by atoms with E-state index >= 15 is 0 Å². The summed E-state index contributed by atoms with van der Waals surface area (Å²) >= 11 is 0. The number of aliphatic carboxylic acids is 1. The fraction of sp³-hybridized carbons (Fsp3) is 0.429. The van der Waals surface area contributed by atoms with Crippen LogP contribution >= 0.6 is 0 Å². The second-order valence-corrected chi connectivity index (χ2v) is 4.66. The third-order valence-corrected chi connectivity index (χ3v) is 3.43. The molecule has 0 aromatic heterocycles. The van der Waals surface area contributed by atoms with Crippen LogP contribution in [0.5, 0.6) is 0 Å². The van der Waals surface area contributed by atoms with Crippen molar-refractivity contribution in [1.29, 1.82) is 0 Å². The number of amides is 1. The van der Waals surface area contributed by atoms with Gasteiger partial charge in [0.25, 0.3) is 0 Å². The molecule has 108 valence electrons. The molecule has 1 aliphatic rings. The first-order valence-corrected chi connectivity index (χ1v) is 6.51. The summed E-state index contributed by atoms with van der Waals surface area (Å²) < 4.78 is 5.14. The van der Waals surface area contributed by atoms with Crippen LogP contribution < -0.4 is 5.73 Å². The van der Waals surface area contributed by atoms with Crippen molar-refractivity contribution in [3.63, 3.8) is 0 Å². The fourth-order valence-electron chi connectivity index (χ4n) is 2.34. The van der Waals surface area contributed by atoms with Gasteiger partial charge in [-0.05, 0) is 5.56 Å². The Kier molecular flexibility index (Phi) is 4.70.